The maximum Gasteiger partial charge on any atom is 0.195 e. The zero-order valence-corrected chi connectivity index (χ0v) is 10.6. The fraction of sp³-hybridized carbons (Fsp3) is 0.385. The molecule has 1 aliphatic rings. The van der Waals surface area contributed by atoms with Crippen molar-refractivity contribution >= 4 is 12.2 Å². The smallest absolute Gasteiger partial charge is 0.195 e. The van der Waals surface area contributed by atoms with Gasteiger partial charge in [-0.15, -0.1) is 0 Å². The predicted octanol–water partition coefficient (Wildman–Crippen LogP) is 3.17. The van der Waals surface area contributed by atoms with E-state index in [9.17, 15) is 0 Å². The van der Waals surface area contributed by atoms with Crippen LogP contribution in [0.4, 0.5) is 0 Å². The van der Waals surface area contributed by atoms with Gasteiger partial charge in [-0.25, -0.2) is 0 Å². The molecule has 1 fully saturated rings. The number of aromatic nitrogens is 3. The van der Waals surface area contributed by atoms with Gasteiger partial charge in [0.25, 0.3) is 0 Å². The molecule has 1 saturated carbocycles. The van der Waals surface area contributed by atoms with Crippen LogP contribution in [0.3, 0.4) is 0 Å². The second kappa shape index (κ2) is 4.11. The topological polar surface area (TPSA) is 33.6 Å². The molecule has 2 aromatic rings. The third kappa shape index (κ3) is 2.17. The van der Waals surface area contributed by atoms with Gasteiger partial charge < -0.3 is 0 Å². The van der Waals surface area contributed by atoms with Crippen molar-refractivity contribution in [1.82, 2.24) is 14.8 Å². The molecule has 1 aromatic carbocycles. The lowest BCUT2D eigenvalue weighted by molar-refractivity contribution is 0.718. The summed E-state index contributed by atoms with van der Waals surface area (Å²) in [5, 5.41) is 7.25. The minimum atomic E-state index is 0.618. The largest absolute Gasteiger partial charge is 0.299 e. The van der Waals surface area contributed by atoms with Gasteiger partial charge in [-0.3, -0.25) is 9.67 Å². The molecule has 0 atom stereocenters. The van der Waals surface area contributed by atoms with E-state index in [1.807, 2.05) is 0 Å². The van der Waals surface area contributed by atoms with Crippen LogP contribution in [-0.2, 0) is 6.54 Å². The first kappa shape index (κ1) is 10.7. The van der Waals surface area contributed by atoms with E-state index in [1.54, 1.807) is 0 Å². The number of H-pyrrole nitrogens is 1. The molecule has 0 spiro atoms. The van der Waals surface area contributed by atoms with Crippen molar-refractivity contribution < 1.29 is 0 Å². The Morgan fingerprint density at radius 1 is 1.47 bits per heavy atom. The standard InChI is InChI=1S/C13H15N3S/c1-9-3-2-4-10(7-9)8-16-12(11-5-6-11)14-15-13(16)17/h2-4,7,11H,5-6,8H2,1H3,(H,15,17). The molecule has 0 amide bonds. The van der Waals surface area contributed by atoms with E-state index in [2.05, 4.69) is 46.0 Å². The van der Waals surface area contributed by atoms with E-state index in [-0.39, 0.29) is 0 Å². The molecule has 4 heteroatoms. The highest BCUT2D eigenvalue weighted by Gasteiger charge is 2.28. The molecule has 3 rings (SSSR count). The fourth-order valence-corrected chi connectivity index (χ4v) is 2.33. The molecular weight excluding hydrogens is 230 g/mol. The first-order chi connectivity index (χ1) is 8.24. The molecule has 1 heterocycles. The summed E-state index contributed by atoms with van der Waals surface area (Å²) < 4.78 is 2.86. The first-order valence-electron chi connectivity index (χ1n) is 5.94. The van der Waals surface area contributed by atoms with Crippen LogP contribution in [0, 0.1) is 11.7 Å². The Morgan fingerprint density at radius 3 is 3.00 bits per heavy atom. The quantitative estimate of drug-likeness (QED) is 0.843. The molecule has 88 valence electrons. The number of aryl methyl sites for hydroxylation is 1. The van der Waals surface area contributed by atoms with Gasteiger partial charge in [-0.2, -0.15) is 5.10 Å². The molecule has 17 heavy (non-hydrogen) atoms. The summed E-state index contributed by atoms with van der Waals surface area (Å²) in [6.07, 6.45) is 2.49. The minimum absolute atomic E-state index is 0.618. The Labute approximate surface area is 105 Å². The number of hydrogen-bond donors (Lipinski definition) is 1. The summed E-state index contributed by atoms with van der Waals surface area (Å²) in [4.78, 5) is 0. The van der Waals surface area contributed by atoms with Crippen LogP contribution in [0.5, 0.6) is 0 Å². The van der Waals surface area contributed by atoms with Crippen LogP contribution >= 0.6 is 12.2 Å². The Morgan fingerprint density at radius 2 is 2.29 bits per heavy atom. The Balaban J connectivity index is 1.94. The highest BCUT2D eigenvalue weighted by Crippen LogP contribution is 2.38. The number of benzene rings is 1. The van der Waals surface area contributed by atoms with Crippen molar-refractivity contribution in [3.05, 3.63) is 46.0 Å². The SMILES string of the molecule is Cc1cccc(Cn2c(C3CC3)n[nH]c2=S)c1. The maximum atomic E-state index is 5.30. The summed E-state index contributed by atoms with van der Waals surface area (Å²) in [7, 11) is 0. The lowest BCUT2D eigenvalue weighted by Crippen LogP contribution is -2.04. The van der Waals surface area contributed by atoms with E-state index in [1.165, 1.54) is 24.0 Å². The van der Waals surface area contributed by atoms with Gasteiger partial charge in [0.2, 0.25) is 0 Å². The molecule has 0 unspecified atom stereocenters. The number of rotatable bonds is 3. The van der Waals surface area contributed by atoms with Gasteiger partial charge in [0.05, 0.1) is 6.54 Å². The lowest BCUT2D eigenvalue weighted by atomic mass is 10.1. The second-order valence-corrected chi connectivity index (χ2v) is 5.12. The van der Waals surface area contributed by atoms with Crippen molar-refractivity contribution in [2.75, 3.05) is 0 Å². The van der Waals surface area contributed by atoms with Gasteiger partial charge in [-0.05, 0) is 37.5 Å². The summed E-state index contributed by atoms with van der Waals surface area (Å²) in [5.41, 5.74) is 2.56. The molecule has 0 radical (unpaired) electrons. The second-order valence-electron chi connectivity index (χ2n) is 4.74. The average Bonchev–Trinajstić information content (AvgIpc) is 3.07. The number of nitrogens with one attached hydrogen (secondary N) is 1. The molecule has 3 nitrogen and oxygen atoms in total. The number of nitrogens with zero attached hydrogens (tertiary/aromatic N) is 2. The highest BCUT2D eigenvalue weighted by atomic mass is 32.1. The molecule has 0 aliphatic heterocycles. The average molecular weight is 245 g/mol. The van der Waals surface area contributed by atoms with Gasteiger partial charge in [0, 0.05) is 5.92 Å². The van der Waals surface area contributed by atoms with Gasteiger partial charge in [0.1, 0.15) is 5.82 Å². The highest BCUT2D eigenvalue weighted by molar-refractivity contribution is 7.71. The van der Waals surface area contributed by atoms with Gasteiger partial charge in [0.15, 0.2) is 4.77 Å². The lowest BCUT2D eigenvalue weighted by Gasteiger charge is -2.06. The molecule has 0 saturated heterocycles. The van der Waals surface area contributed by atoms with E-state index in [0.717, 1.165) is 17.1 Å². The van der Waals surface area contributed by atoms with E-state index >= 15 is 0 Å². The van der Waals surface area contributed by atoms with Crippen LogP contribution in [0.2, 0.25) is 0 Å². The molecule has 1 aliphatic carbocycles. The third-order valence-corrected chi connectivity index (χ3v) is 3.47. The van der Waals surface area contributed by atoms with E-state index in [4.69, 9.17) is 12.2 Å². The summed E-state index contributed by atoms with van der Waals surface area (Å²) in [5.74, 6) is 1.74. The van der Waals surface area contributed by atoms with Crippen molar-refractivity contribution in [3.63, 3.8) is 0 Å². The summed E-state index contributed by atoms with van der Waals surface area (Å²) in [6, 6.07) is 8.54. The predicted molar refractivity (Wildman–Crippen MR) is 69.7 cm³/mol. The maximum absolute atomic E-state index is 5.30. The van der Waals surface area contributed by atoms with Crippen LogP contribution < -0.4 is 0 Å². The minimum Gasteiger partial charge on any atom is -0.299 e. The summed E-state index contributed by atoms with van der Waals surface area (Å²) >= 11 is 5.30. The van der Waals surface area contributed by atoms with Crippen LogP contribution in [0.15, 0.2) is 24.3 Å². The molecular formula is C13H15N3S. The monoisotopic (exact) mass is 245 g/mol. The van der Waals surface area contributed by atoms with Crippen molar-refractivity contribution in [2.24, 2.45) is 0 Å². The van der Waals surface area contributed by atoms with Gasteiger partial charge in [-0.1, -0.05) is 29.8 Å². The Bertz CT molecular complexity index is 593. The van der Waals surface area contributed by atoms with Crippen molar-refractivity contribution in [1.29, 1.82) is 0 Å². The fourth-order valence-electron chi connectivity index (χ4n) is 2.13. The van der Waals surface area contributed by atoms with Crippen molar-refractivity contribution in [2.45, 2.75) is 32.2 Å². The number of aromatic amines is 1. The van der Waals surface area contributed by atoms with Crippen LogP contribution in [-0.4, -0.2) is 14.8 Å². The molecule has 1 aromatic heterocycles. The summed E-state index contributed by atoms with van der Waals surface area (Å²) in [6.45, 7) is 2.93. The third-order valence-electron chi connectivity index (χ3n) is 3.15. The zero-order chi connectivity index (χ0) is 11.8. The molecule has 1 N–H and O–H groups in total. The van der Waals surface area contributed by atoms with Crippen LogP contribution in [0.25, 0.3) is 0 Å². The van der Waals surface area contributed by atoms with Gasteiger partial charge >= 0.3 is 0 Å². The first-order valence-corrected chi connectivity index (χ1v) is 6.35. The van der Waals surface area contributed by atoms with E-state index in [0.29, 0.717) is 5.92 Å². The Hall–Kier alpha value is -1.42. The van der Waals surface area contributed by atoms with Crippen LogP contribution in [0.1, 0.15) is 35.7 Å². The van der Waals surface area contributed by atoms with Crippen molar-refractivity contribution in [3.8, 4) is 0 Å². The Kier molecular flexibility index (Phi) is 2.59. The normalized spacial score (nSPS) is 15.1. The van der Waals surface area contributed by atoms with E-state index < -0.39 is 0 Å². The molecule has 0 bridgehead atoms. The number of hydrogen-bond acceptors (Lipinski definition) is 2. The zero-order valence-electron chi connectivity index (χ0n) is 9.81.